The maximum Gasteiger partial charge on any atom is 0.250 e. The number of nitrogen functional groups attached to an aromatic ring is 1. The number of likely N-dealkylation sites (tertiary alicyclic amines) is 1. The smallest absolute Gasteiger partial charge is 0.250 e. The molecule has 2 unspecified atom stereocenters. The first kappa shape index (κ1) is 29.1. The lowest BCUT2D eigenvalue weighted by Crippen LogP contribution is -2.38. The second kappa shape index (κ2) is 11.8. The summed E-state index contributed by atoms with van der Waals surface area (Å²) in [5, 5.41) is 7.25. The van der Waals surface area contributed by atoms with E-state index in [1.807, 2.05) is 54.6 Å². The number of nitrogens with two attached hydrogens (primary N) is 1. The summed E-state index contributed by atoms with van der Waals surface area (Å²) in [6.45, 7) is 5.15. The number of benzene rings is 3. The Kier molecular flexibility index (Phi) is 8.17. The number of rotatable bonds is 8. The predicted octanol–water partition coefficient (Wildman–Crippen LogP) is 5.47. The third-order valence-electron chi connectivity index (χ3n) is 7.64. The van der Waals surface area contributed by atoms with Gasteiger partial charge in [-0.3, -0.25) is 9.59 Å². The van der Waals surface area contributed by atoms with Crippen LogP contribution in [0, 0.1) is 0 Å². The van der Waals surface area contributed by atoms with E-state index in [0.29, 0.717) is 36.5 Å². The molecule has 4 N–H and O–H groups in total. The number of pyridine rings is 1. The van der Waals surface area contributed by atoms with Crippen molar-refractivity contribution in [2.45, 2.75) is 55.8 Å². The lowest BCUT2D eigenvalue weighted by atomic mass is 10.0. The summed E-state index contributed by atoms with van der Waals surface area (Å²) in [6.07, 6.45) is 2.96. The Morgan fingerprint density at radius 2 is 1.74 bits per heavy atom. The van der Waals surface area contributed by atoms with Crippen LogP contribution in [0.2, 0.25) is 0 Å². The van der Waals surface area contributed by atoms with Gasteiger partial charge in [-0.1, -0.05) is 30.3 Å². The number of carbonyl (C=O) groups excluding carboxylic acids is 2. The van der Waals surface area contributed by atoms with Gasteiger partial charge in [0, 0.05) is 36.4 Å². The molecule has 4 aromatic rings. The van der Waals surface area contributed by atoms with Gasteiger partial charge in [0.15, 0.2) is 9.84 Å². The maximum atomic E-state index is 14.4. The van der Waals surface area contributed by atoms with Crippen LogP contribution < -0.4 is 16.4 Å². The van der Waals surface area contributed by atoms with E-state index in [0.717, 1.165) is 22.0 Å². The van der Waals surface area contributed by atoms with Gasteiger partial charge >= 0.3 is 0 Å². The van der Waals surface area contributed by atoms with E-state index in [1.54, 1.807) is 43.1 Å². The molecule has 1 fully saturated rings. The minimum Gasteiger partial charge on any atom is -0.383 e. The maximum absolute atomic E-state index is 14.4. The number of sulfone groups is 1. The Hall–Kier alpha value is -4.44. The fourth-order valence-electron chi connectivity index (χ4n) is 5.51. The summed E-state index contributed by atoms with van der Waals surface area (Å²) >= 11 is 0. The standard InChI is InChI=1S/C32H35N5O4S/c1-20(2)42(40,41)29-14-12-25(35-21(3)38)19-27(29)28-10-7-17-37(28)32(39)30(22-8-5-4-6-9-22)36-24-11-13-26-23(18-24)15-16-34-31(26)33/h4-6,8-9,11-16,18-20,28,30,36H,7,10,17H2,1-3H3,(H2,33,34)(H,35,38). The van der Waals surface area contributed by atoms with Gasteiger partial charge in [0.1, 0.15) is 11.9 Å². The first-order valence-electron chi connectivity index (χ1n) is 14.0. The molecule has 0 aliphatic carbocycles. The van der Waals surface area contributed by atoms with E-state index in [2.05, 4.69) is 15.6 Å². The molecule has 5 rings (SSSR count). The van der Waals surface area contributed by atoms with Crippen molar-refractivity contribution in [2.75, 3.05) is 22.9 Å². The van der Waals surface area contributed by atoms with E-state index in [1.165, 1.54) is 6.92 Å². The van der Waals surface area contributed by atoms with Crippen LogP contribution >= 0.6 is 0 Å². The molecule has 2 amide bonds. The number of fused-ring (bicyclic) bond motifs is 1. The highest BCUT2D eigenvalue weighted by Gasteiger charge is 2.38. The van der Waals surface area contributed by atoms with Gasteiger partial charge < -0.3 is 21.3 Å². The number of amides is 2. The van der Waals surface area contributed by atoms with E-state index < -0.39 is 27.2 Å². The van der Waals surface area contributed by atoms with Crippen LogP contribution in [0.25, 0.3) is 10.8 Å². The van der Waals surface area contributed by atoms with Gasteiger partial charge in [0.2, 0.25) is 11.8 Å². The molecular weight excluding hydrogens is 550 g/mol. The van der Waals surface area contributed by atoms with Crippen LogP contribution in [0.15, 0.2) is 83.9 Å². The van der Waals surface area contributed by atoms with Crippen molar-refractivity contribution in [3.8, 4) is 0 Å². The Balaban J connectivity index is 1.55. The molecule has 42 heavy (non-hydrogen) atoms. The van der Waals surface area contributed by atoms with Gasteiger partial charge in [-0.2, -0.15) is 0 Å². The summed E-state index contributed by atoms with van der Waals surface area (Å²) in [4.78, 5) is 32.3. The largest absolute Gasteiger partial charge is 0.383 e. The number of carbonyl (C=O) groups is 2. The van der Waals surface area contributed by atoms with Crippen LogP contribution in [0.1, 0.15) is 56.8 Å². The lowest BCUT2D eigenvalue weighted by Gasteiger charge is -2.31. The van der Waals surface area contributed by atoms with Crippen molar-refractivity contribution in [1.82, 2.24) is 9.88 Å². The van der Waals surface area contributed by atoms with Crippen LogP contribution in [0.5, 0.6) is 0 Å². The number of anilines is 3. The van der Waals surface area contributed by atoms with E-state index in [4.69, 9.17) is 5.73 Å². The van der Waals surface area contributed by atoms with Crippen LogP contribution in [0.4, 0.5) is 17.2 Å². The molecule has 0 spiro atoms. The van der Waals surface area contributed by atoms with Crippen LogP contribution in [-0.4, -0.2) is 41.9 Å². The topological polar surface area (TPSA) is 134 Å². The molecule has 1 aromatic heterocycles. The zero-order valence-corrected chi connectivity index (χ0v) is 24.7. The Morgan fingerprint density at radius 3 is 2.45 bits per heavy atom. The minimum absolute atomic E-state index is 0.170. The van der Waals surface area contributed by atoms with E-state index in [9.17, 15) is 18.0 Å². The molecule has 1 aliphatic heterocycles. The number of nitrogens with zero attached hydrogens (tertiary/aromatic N) is 2. The van der Waals surface area contributed by atoms with E-state index in [-0.39, 0.29) is 16.7 Å². The van der Waals surface area contributed by atoms with Crippen molar-refractivity contribution in [1.29, 1.82) is 0 Å². The summed E-state index contributed by atoms with van der Waals surface area (Å²) in [5.74, 6) is 0.000177. The van der Waals surface area contributed by atoms with E-state index >= 15 is 0 Å². The zero-order valence-electron chi connectivity index (χ0n) is 23.9. The summed E-state index contributed by atoms with van der Waals surface area (Å²) in [7, 11) is -3.67. The minimum atomic E-state index is -3.67. The number of nitrogens with one attached hydrogen (secondary N) is 2. The second-order valence-corrected chi connectivity index (χ2v) is 13.3. The molecule has 218 valence electrons. The highest BCUT2D eigenvalue weighted by molar-refractivity contribution is 7.92. The van der Waals surface area contributed by atoms with Crippen molar-refractivity contribution in [2.24, 2.45) is 0 Å². The highest BCUT2D eigenvalue weighted by Crippen LogP contribution is 2.40. The average molecular weight is 586 g/mol. The zero-order chi connectivity index (χ0) is 30.0. The Labute approximate surface area is 246 Å². The lowest BCUT2D eigenvalue weighted by molar-refractivity contribution is -0.133. The molecule has 9 nitrogen and oxygen atoms in total. The molecule has 0 bridgehead atoms. The van der Waals surface area contributed by atoms with Gasteiger partial charge in [-0.15, -0.1) is 0 Å². The van der Waals surface area contributed by atoms with Crippen molar-refractivity contribution >= 4 is 49.6 Å². The Bertz CT molecular complexity index is 1740. The molecule has 0 radical (unpaired) electrons. The Morgan fingerprint density at radius 1 is 1.00 bits per heavy atom. The highest BCUT2D eigenvalue weighted by atomic mass is 32.2. The molecule has 10 heteroatoms. The first-order valence-corrected chi connectivity index (χ1v) is 15.5. The third-order valence-corrected chi connectivity index (χ3v) is 9.86. The molecule has 0 saturated carbocycles. The molecule has 1 aliphatic rings. The van der Waals surface area contributed by atoms with Crippen molar-refractivity contribution in [3.63, 3.8) is 0 Å². The average Bonchev–Trinajstić information content (AvgIpc) is 3.46. The third kappa shape index (κ3) is 5.80. The fraction of sp³-hybridized carbons (Fsp3) is 0.281. The number of hydrogen-bond donors (Lipinski definition) is 3. The molecule has 3 aromatic carbocycles. The van der Waals surface area contributed by atoms with Crippen LogP contribution in [-0.2, 0) is 19.4 Å². The quantitative estimate of drug-likeness (QED) is 0.249. The van der Waals surface area contributed by atoms with Gasteiger partial charge in [0.25, 0.3) is 0 Å². The van der Waals surface area contributed by atoms with Gasteiger partial charge in [-0.05, 0) is 85.7 Å². The van der Waals surface area contributed by atoms with Crippen molar-refractivity contribution < 1.29 is 18.0 Å². The summed E-state index contributed by atoms with van der Waals surface area (Å²) in [5.41, 5.74) is 8.56. The van der Waals surface area contributed by atoms with Crippen LogP contribution in [0.3, 0.4) is 0 Å². The number of aromatic nitrogens is 1. The monoisotopic (exact) mass is 585 g/mol. The normalized spacial score (nSPS) is 16.0. The molecule has 2 heterocycles. The molecule has 1 saturated heterocycles. The van der Waals surface area contributed by atoms with Crippen molar-refractivity contribution in [3.05, 3.63) is 90.1 Å². The SMILES string of the molecule is CC(=O)Nc1ccc(S(=O)(=O)C(C)C)c(C2CCCN2C(=O)C(Nc2ccc3c(N)nccc3c2)c2ccccc2)c1. The first-order chi connectivity index (χ1) is 20.1. The molecular formula is C32H35N5O4S. The van der Waals surface area contributed by atoms with Gasteiger partial charge in [-0.25, -0.2) is 13.4 Å². The fourth-order valence-corrected chi connectivity index (χ4v) is 6.80. The predicted molar refractivity (Wildman–Crippen MR) is 166 cm³/mol. The van der Waals surface area contributed by atoms with Gasteiger partial charge in [0.05, 0.1) is 16.2 Å². The molecule has 2 atom stereocenters. The summed E-state index contributed by atoms with van der Waals surface area (Å²) < 4.78 is 26.9. The number of hydrogen-bond acceptors (Lipinski definition) is 7. The second-order valence-electron chi connectivity index (χ2n) is 10.8. The summed E-state index contributed by atoms with van der Waals surface area (Å²) in [6, 6.07) is 20.6.